The van der Waals surface area contributed by atoms with E-state index in [-0.39, 0.29) is 11.4 Å². The Bertz CT molecular complexity index is 1750. The van der Waals surface area contributed by atoms with Crippen LogP contribution in [0.3, 0.4) is 0 Å². The molecule has 0 saturated carbocycles. The van der Waals surface area contributed by atoms with E-state index in [1.807, 2.05) is 66.7 Å². The lowest BCUT2D eigenvalue weighted by Crippen LogP contribution is -2.30. The van der Waals surface area contributed by atoms with Gasteiger partial charge >= 0.3 is 7.12 Å². The summed E-state index contributed by atoms with van der Waals surface area (Å²) in [5.41, 5.74) is 6.77. The Morgan fingerprint density at radius 3 is 2.33 bits per heavy atom. The molecule has 6 aromatic rings. The minimum atomic E-state index is -1.63. The molecule has 8 heteroatoms. The number of H-pyrrole nitrogens is 1. The average Bonchev–Trinajstić information content (AvgIpc) is 3.28. The highest BCUT2D eigenvalue weighted by molar-refractivity contribution is 6.58. The van der Waals surface area contributed by atoms with Gasteiger partial charge in [0.2, 0.25) is 0 Å². The first-order chi connectivity index (χ1) is 17.6. The maximum Gasteiger partial charge on any atom is 0.488 e. The normalized spacial score (nSPS) is 11.2. The zero-order chi connectivity index (χ0) is 24.6. The molecule has 0 spiro atoms. The van der Waals surface area contributed by atoms with Crippen LogP contribution in [0.15, 0.2) is 97.1 Å². The fourth-order valence-corrected chi connectivity index (χ4v) is 4.42. The number of nitrogens with one attached hydrogen (secondary N) is 3. The maximum atomic E-state index is 12.6. The molecule has 4 aromatic carbocycles. The number of carbonyl (C=O) groups is 1. The Labute approximate surface area is 206 Å². The van der Waals surface area contributed by atoms with Gasteiger partial charge in [-0.05, 0) is 54.0 Å². The SMILES string of the molecule is O=C(Nc1ccc(Nc2c3ccccc3nc3c2[nH]c2ccccc23)cc1)c1cccc(B(O)O)c1. The molecule has 1 amide bonds. The van der Waals surface area contributed by atoms with Crippen LogP contribution in [0.2, 0.25) is 0 Å². The fraction of sp³-hybridized carbons (Fsp3) is 0. The van der Waals surface area contributed by atoms with E-state index in [2.05, 4.69) is 21.7 Å². The number of carbonyl (C=O) groups excluding carboxylic acids is 1. The number of para-hydroxylation sites is 2. The van der Waals surface area contributed by atoms with E-state index in [1.165, 1.54) is 6.07 Å². The summed E-state index contributed by atoms with van der Waals surface area (Å²) in [5, 5.41) is 27.2. The third-order valence-electron chi connectivity index (χ3n) is 6.19. The van der Waals surface area contributed by atoms with Gasteiger partial charge in [0, 0.05) is 33.2 Å². The second-order valence-electron chi connectivity index (χ2n) is 8.55. The zero-order valence-corrected chi connectivity index (χ0v) is 19.1. The summed E-state index contributed by atoms with van der Waals surface area (Å²) < 4.78 is 0. The fourth-order valence-electron chi connectivity index (χ4n) is 4.42. The van der Waals surface area contributed by atoms with Crippen LogP contribution in [0, 0.1) is 0 Å². The topological polar surface area (TPSA) is 110 Å². The lowest BCUT2D eigenvalue weighted by molar-refractivity contribution is 0.102. The van der Waals surface area contributed by atoms with Gasteiger partial charge in [-0.15, -0.1) is 0 Å². The van der Waals surface area contributed by atoms with Crippen molar-refractivity contribution in [3.63, 3.8) is 0 Å². The number of rotatable bonds is 5. The van der Waals surface area contributed by atoms with Crippen molar-refractivity contribution >= 4 is 68.4 Å². The molecule has 0 aliphatic heterocycles. The summed E-state index contributed by atoms with van der Waals surface area (Å²) >= 11 is 0. The maximum absolute atomic E-state index is 12.6. The van der Waals surface area contributed by atoms with Gasteiger partial charge in [-0.25, -0.2) is 4.98 Å². The van der Waals surface area contributed by atoms with Gasteiger partial charge in [0.15, 0.2) is 0 Å². The van der Waals surface area contributed by atoms with Crippen LogP contribution in [0.5, 0.6) is 0 Å². The summed E-state index contributed by atoms with van der Waals surface area (Å²) in [6.45, 7) is 0. The first kappa shape index (κ1) is 21.9. The van der Waals surface area contributed by atoms with Crippen LogP contribution >= 0.6 is 0 Å². The molecule has 0 atom stereocenters. The van der Waals surface area contributed by atoms with Crippen LogP contribution in [-0.4, -0.2) is 33.0 Å². The second kappa shape index (κ2) is 8.85. The highest BCUT2D eigenvalue weighted by Gasteiger charge is 2.15. The van der Waals surface area contributed by atoms with Gasteiger partial charge in [-0.2, -0.15) is 0 Å². The molecule has 0 saturated heterocycles. The quantitative estimate of drug-likeness (QED) is 0.237. The molecular formula is C28H21BN4O3. The highest BCUT2D eigenvalue weighted by atomic mass is 16.4. The summed E-state index contributed by atoms with van der Waals surface area (Å²) in [6, 6.07) is 29.8. The van der Waals surface area contributed by atoms with Gasteiger partial charge in [0.1, 0.15) is 0 Å². The number of aromatic nitrogens is 2. The van der Waals surface area contributed by atoms with Crippen LogP contribution in [0.25, 0.3) is 32.8 Å². The third kappa shape index (κ3) is 3.94. The lowest BCUT2D eigenvalue weighted by Gasteiger charge is -2.12. The second-order valence-corrected chi connectivity index (χ2v) is 8.55. The van der Waals surface area contributed by atoms with Crippen molar-refractivity contribution in [1.29, 1.82) is 0 Å². The zero-order valence-electron chi connectivity index (χ0n) is 19.1. The van der Waals surface area contributed by atoms with Crippen molar-refractivity contribution in [2.75, 3.05) is 10.6 Å². The summed E-state index contributed by atoms with van der Waals surface area (Å²) in [7, 11) is -1.63. The van der Waals surface area contributed by atoms with Crippen molar-refractivity contribution in [3.8, 4) is 0 Å². The van der Waals surface area contributed by atoms with Gasteiger partial charge in [-0.1, -0.05) is 48.5 Å². The molecule has 0 aliphatic rings. The average molecular weight is 472 g/mol. The molecule has 0 aliphatic carbocycles. The molecule has 5 N–H and O–H groups in total. The monoisotopic (exact) mass is 472 g/mol. The first-order valence-electron chi connectivity index (χ1n) is 11.5. The van der Waals surface area contributed by atoms with Crippen molar-refractivity contribution in [3.05, 3.63) is 103 Å². The van der Waals surface area contributed by atoms with Crippen molar-refractivity contribution in [2.24, 2.45) is 0 Å². The number of pyridine rings is 1. The van der Waals surface area contributed by atoms with E-state index >= 15 is 0 Å². The Morgan fingerprint density at radius 1 is 0.806 bits per heavy atom. The number of amides is 1. The van der Waals surface area contributed by atoms with E-state index in [0.717, 1.165) is 44.2 Å². The molecule has 0 unspecified atom stereocenters. The third-order valence-corrected chi connectivity index (χ3v) is 6.19. The Morgan fingerprint density at radius 2 is 1.53 bits per heavy atom. The van der Waals surface area contributed by atoms with E-state index < -0.39 is 7.12 Å². The molecular weight excluding hydrogens is 451 g/mol. The lowest BCUT2D eigenvalue weighted by atomic mass is 9.79. The van der Waals surface area contributed by atoms with E-state index in [0.29, 0.717) is 11.3 Å². The first-order valence-corrected chi connectivity index (χ1v) is 11.5. The van der Waals surface area contributed by atoms with Crippen molar-refractivity contribution < 1.29 is 14.8 Å². The smallest absolute Gasteiger partial charge is 0.423 e. The van der Waals surface area contributed by atoms with Gasteiger partial charge in [0.25, 0.3) is 5.91 Å². The molecule has 0 radical (unpaired) electrons. The van der Waals surface area contributed by atoms with Gasteiger partial charge < -0.3 is 25.7 Å². The van der Waals surface area contributed by atoms with E-state index in [1.54, 1.807) is 18.2 Å². The molecule has 7 nitrogen and oxygen atoms in total. The Kier molecular flexibility index (Phi) is 5.37. The largest absolute Gasteiger partial charge is 0.488 e. The van der Waals surface area contributed by atoms with Gasteiger partial charge in [0.05, 0.1) is 22.2 Å². The summed E-state index contributed by atoms with van der Waals surface area (Å²) in [4.78, 5) is 21.1. The van der Waals surface area contributed by atoms with E-state index in [4.69, 9.17) is 4.98 Å². The number of nitrogens with zero attached hydrogens (tertiary/aromatic N) is 1. The standard InChI is InChI=1S/C28H21BN4O3/c34-28(17-6-5-7-18(16-17)29(35)36)31-20-14-12-19(13-15-20)30-25-21-8-1-3-10-23(21)32-26-22-9-2-4-11-24(22)33-27(25)26/h1-16,33,35-36H,(H,30,32)(H,31,34). The molecule has 174 valence electrons. The number of hydrogen-bond donors (Lipinski definition) is 5. The minimum Gasteiger partial charge on any atom is -0.423 e. The van der Waals surface area contributed by atoms with Crippen LogP contribution in [0.4, 0.5) is 17.1 Å². The summed E-state index contributed by atoms with van der Waals surface area (Å²) in [5.74, 6) is -0.335. The minimum absolute atomic E-state index is 0.259. The predicted octanol–water partition coefficient (Wildman–Crippen LogP) is 4.55. The van der Waals surface area contributed by atoms with Gasteiger partial charge in [-0.3, -0.25) is 4.79 Å². The molecule has 36 heavy (non-hydrogen) atoms. The van der Waals surface area contributed by atoms with E-state index in [9.17, 15) is 14.8 Å². The number of benzene rings is 4. The van der Waals surface area contributed by atoms with Crippen LogP contribution < -0.4 is 16.1 Å². The molecule has 0 bridgehead atoms. The number of hydrogen-bond acceptors (Lipinski definition) is 5. The Balaban J connectivity index is 1.31. The van der Waals surface area contributed by atoms with Crippen LogP contribution in [-0.2, 0) is 0 Å². The summed E-state index contributed by atoms with van der Waals surface area (Å²) in [6.07, 6.45) is 0. The van der Waals surface area contributed by atoms with Crippen molar-refractivity contribution in [2.45, 2.75) is 0 Å². The Hall–Kier alpha value is -4.66. The number of anilines is 3. The predicted molar refractivity (Wildman–Crippen MR) is 145 cm³/mol. The van der Waals surface area contributed by atoms with Crippen molar-refractivity contribution in [1.82, 2.24) is 9.97 Å². The molecule has 2 aromatic heterocycles. The molecule has 2 heterocycles. The molecule has 0 fully saturated rings. The highest BCUT2D eigenvalue weighted by Crippen LogP contribution is 2.36. The van der Waals surface area contributed by atoms with Crippen LogP contribution in [0.1, 0.15) is 10.4 Å². The number of fused-ring (bicyclic) bond motifs is 4. The number of aromatic amines is 1. The molecule has 6 rings (SSSR count).